The third-order valence-corrected chi connectivity index (χ3v) is 1.09. The van der Waals surface area contributed by atoms with Crippen LogP contribution >= 0.6 is 24.8 Å². The van der Waals surface area contributed by atoms with Gasteiger partial charge in [-0.05, 0) is 13.0 Å². The highest BCUT2D eigenvalue weighted by atomic mass is 35.5. The molecule has 6 heteroatoms. The van der Waals surface area contributed by atoms with Gasteiger partial charge >= 0.3 is 0 Å². The van der Waals surface area contributed by atoms with E-state index in [9.17, 15) is 0 Å². The molecule has 0 saturated carbocycles. The van der Waals surface area contributed by atoms with Crippen LogP contribution in [0.4, 0.5) is 0 Å². The van der Waals surface area contributed by atoms with E-state index in [1.165, 1.54) is 0 Å². The van der Waals surface area contributed by atoms with E-state index < -0.39 is 0 Å². The molecule has 11 heavy (non-hydrogen) atoms. The Bertz CT molecular complexity index is 154. The van der Waals surface area contributed by atoms with Gasteiger partial charge in [0.1, 0.15) is 12.7 Å². The van der Waals surface area contributed by atoms with Crippen molar-refractivity contribution in [1.82, 2.24) is 14.8 Å². The van der Waals surface area contributed by atoms with Crippen molar-refractivity contribution in [2.24, 2.45) is 5.73 Å². The van der Waals surface area contributed by atoms with Gasteiger partial charge < -0.3 is 10.3 Å². The second kappa shape index (κ2) is 7.78. The van der Waals surface area contributed by atoms with E-state index in [1.54, 1.807) is 12.7 Å². The van der Waals surface area contributed by atoms with Gasteiger partial charge in [-0.15, -0.1) is 35.0 Å². The highest BCUT2D eigenvalue weighted by Crippen LogP contribution is 1.84. The van der Waals surface area contributed by atoms with E-state index in [2.05, 4.69) is 10.2 Å². The van der Waals surface area contributed by atoms with Crippen LogP contribution in [0.15, 0.2) is 12.7 Å². The number of nitrogens with two attached hydrogens (primary N) is 1. The summed E-state index contributed by atoms with van der Waals surface area (Å²) in [5.41, 5.74) is 5.29. The van der Waals surface area contributed by atoms with E-state index in [4.69, 9.17) is 5.73 Å². The van der Waals surface area contributed by atoms with Crippen LogP contribution in [0.5, 0.6) is 0 Å². The molecule has 1 aromatic heterocycles. The zero-order valence-electron chi connectivity index (χ0n) is 6.01. The van der Waals surface area contributed by atoms with Crippen molar-refractivity contribution in [2.75, 3.05) is 6.54 Å². The first-order valence-electron chi connectivity index (χ1n) is 2.96. The molecule has 0 fully saturated rings. The van der Waals surface area contributed by atoms with Crippen LogP contribution < -0.4 is 5.73 Å². The number of hydrogen-bond acceptors (Lipinski definition) is 3. The smallest absolute Gasteiger partial charge is 0.119 e. The van der Waals surface area contributed by atoms with Crippen molar-refractivity contribution in [2.45, 2.75) is 13.0 Å². The summed E-state index contributed by atoms with van der Waals surface area (Å²) >= 11 is 0. The number of aromatic nitrogens is 3. The molecule has 0 unspecified atom stereocenters. The SMILES string of the molecule is Cl.Cl.NCCCn1cnnc1. The summed E-state index contributed by atoms with van der Waals surface area (Å²) in [5, 5.41) is 7.29. The van der Waals surface area contributed by atoms with Crippen LogP contribution in [-0.2, 0) is 6.54 Å². The van der Waals surface area contributed by atoms with E-state index in [0.29, 0.717) is 0 Å². The fraction of sp³-hybridized carbons (Fsp3) is 0.600. The maximum absolute atomic E-state index is 5.29. The average Bonchev–Trinajstić information content (AvgIpc) is 2.34. The monoisotopic (exact) mass is 198 g/mol. The summed E-state index contributed by atoms with van der Waals surface area (Å²) in [6.45, 7) is 1.64. The summed E-state index contributed by atoms with van der Waals surface area (Å²) in [6, 6.07) is 0. The van der Waals surface area contributed by atoms with E-state index in [1.807, 2.05) is 4.57 Å². The second-order valence-corrected chi connectivity index (χ2v) is 1.84. The molecule has 1 heterocycles. The van der Waals surface area contributed by atoms with Gasteiger partial charge in [0, 0.05) is 6.54 Å². The molecule has 0 aromatic carbocycles. The van der Waals surface area contributed by atoms with Gasteiger partial charge in [-0.3, -0.25) is 0 Å². The van der Waals surface area contributed by atoms with E-state index in [-0.39, 0.29) is 24.8 Å². The van der Waals surface area contributed by atoms with Crippen molar-refractivity contribution in [3.63, 3.8) is 0 Å². The minimum Gasteiger partial charge on any atom is -0.330 e. The summed E-state index contributed by atoms with van der Waals surface area (Å²) in [5.74, 6) is 0. The lowest BCUT2D eigenvalue weighted by Gasteiger charge is -1.95. The van der Waals surface area contributed by atoms with E-state index in [0.717, 1.165) is 19.5 Å². The Balaban J connectivity index is 0. The minimum absolute atomic E-state index is 0. The van der Waals surface area contributed by atoms with E-state index >= 15 is 0 Å². The maximum atomic E-state index is 5.29. The second-order valence-electron chi connectivity index (χ2n) is 1.84. The van der Waals surface area contributed by atoms with Gasteiger partial charge in [0.05, 0.1) is 0 Å². The molecule has 4 nitrogen and oxygen atoms in total. The molecule has 0 aliphatic heterocycles. The fourth-order valence-corrected chi connectivity index (χ4v) is 0.611. The van der Waals surface area contributed by atoms with Gasteiger partial charge in [0.2, 0.25) is 0 Å². The molecule has 0 aliphatic rings. The number of aryl methyl sites for hydroxylation is 1. The lowest BCUT2D eigenvalue weighted by atomic mass is 10.4. The summed E-state index contributed by atoms with van der Waals surface area (Å²) in [4.78, 5) is 0. The highest BCUT2D eigenvalue weighted by Gasteiger charge is 1.86. The lowest BCUT2D eigenvalue weighted by Crippen LogP contribution is -2.03. The number of nitrogens with zero attached hydrogens (tertiary/aromatic N) is 3. The maximum Gasteiger partial charge on any atom is 0.119 e. The van der Waals surface area contributed by atoms with Crippen LogP contribution in [0.2, 0.25) is 0 Å². The van der Waals surface area contributed by atoms with Crippen molar-refractivity contribution in [3.05, 3.63) is 12.7 Å². The molecular formula is C5H12Cl2N4. The van der Waals surface area contributed by atoms with Gasteiger partial charge in [0.25, 0.3) is 0 Å². The molecule has 0 amide bonds. The Morgan fingerprint density at radius 2 is 1.73 bits per heavy atom. The molecule has 66 valence electrons. The molecule has 2 N–H and O–H groups in total. The van der Waals surface area contributed by atoms with Gasteiger partial charge in [-0.1, -0.05) is 0 Å². The van der Waals surface area contributed by atoms with Crippen LogP contribution in [0.25, 0.3) is 0 Å². The predicted octanol–water partition coefficient (Wildman–Crippen LogP) is 0.470. The Hall–Kier alpha value is -0.320. The Labute approximate surface area is 78.0 Å². The molecule has 0 aliphatic carbocycles. The van der Waals surface area contributed by atoms with Crippen LogP contribution in [0.1, 0.15) is 6.42 Å². The van der Waals surface area contributed by atoms with Crippen LogP contribution in [0.3, 0.4) is 0 Å². The van der Waals surface area contributed by atoms with Gasteiger partial charge in [0.15, 0.2) is 0 Å². The normalized spacial score (nSPS) is 8.09. The minimum atomic E-state index is 0. The number of halogens is 2. The van der Waals surface area contributed by atoms with Crippen LogP contribution in [-0.4, -0.2) is 21.3 Å². The predicted molar refractivity (Wildman–Crippen MR) is 48.2 cm³/mol. The van der Waals surface area contributed by atoms with Gasteiger partial charge in [-0.25, -0.2) is 0 Å². The Morgan fingerprint density at radius 1 is 1.18 bits per heavy atom. The first-order chi connectivity index (χ1) is 4.43. The summed E-state index contributed by atoms with van der Waals surface area (Å²) in [6.07, 6.45) is 4.36. The highest BCUT2D eigenvalue weighted by molar-refractivity contribution is 5.85. The van der Waals surface area contributed by atoms with Gasteiger partial charge in [-0.2, -0.15) is 0 Å². The molecule has 1 aromatic rings. The number of rotatable bonds is 3. The average molecular weight is 199 g/mol. The zero-order valence-corrected chi connectivity index (χ0v) is 7.64. The zero-order chi connectivity index (χ0) is 6.53. The summed E-state index contributed by atoms with van der Waals surface area (Å²) < 4.78 is 1.91. The Morgan fingerprint density at radius 3 is 2.18 bits per heavy atom. The van der Waals surface area contributed by atoms with Crippen molar-refractivity contribution < 1.29 is 0 Å². The largest absolute Gasteiger partial charge is 0.330 e. The van der Waals surface area contributed by atoms with Crippen molar-refractivity contribution in [1.29, 1.82) is 0 Å². The molecule has 1 rings (SSSR count). The standard InChI is InChI=1S/C5H10N4.2ClH/c6-2-1-3-9-4-7-8-5-9;;/h4-5H,1-3,6H2;2*1H. The van der Waals surface area contributed by atoms with Crippen molar-refractivity contribution in [3.8, 4) is 0 Å². The summed E-state index contributed by atoms with van der Waals surface area (Å²) in [7, 11) is 0. The molecule has 0 bridgehead atoms. The first-order valence-corrected chi connectivity index (χ1v) is 2.96. The third-order valence-electron chi connectivity index (χ3n) is 1.09. The quantitative estimate of drug-likeness (QED) is 0.769. The lowest BCUT2D eigenvalue weighted by molar-refractivity contribution is 0.648. The topological polar surface area (TPSA) is 56.7 Å². The first kappa shape index (κ1) is 13.3. The molecule has 0 spiro atoms. The third kappa shape index (κ3) is 5.01. The number of hydrogen-bond donors (Lipinski definition) is 1. The molecule has 0 atom stereocenters. The van der Waals surface area contributed by atoms with Crippen molar-refractivity contribution >= 4 is 24.8 Å². The fourth-order valence-electron chi connectivity index (χ4n) is 0.611. The Kier molecular flexibility index (Phi) is 9.40. The molecule has 0 saturated heterocycles. The molecular weight excluding hydrogens is 187 g/mol. The van der Waals surface area contributed by atoms with Crippen LogP contribution in [0, 0.1) is 0 Å². The molecule has 0 radical (unpaired) electrons.